The highest BCUT2D eigenvalue weighted by Crippen LogP contribution is 2.31. The predicted octanol–water partition coefficient (Wildman–Crippen LogP) is 1.08. The van der Waals surface area contributed by atoms with Gasteiger partial charge in [-0.15, -0.1) is 0 Å². The van der Waals surface area contributed by atoms with Crippen LogP contribution in [0.1, 0.15) is 20.8 Å². The third-order valence-electron chi connectivity index (χ3n) is 2.42. The second-order valence-corrected chi connectivity index (χ2v) is 5.95. The Hall–Kier alpha value is -1.83. The Labute approximate surface area is 113 Å². The molecule has 0 aromatic carbocycles. The van der Waals surface area contributed by atoms with Crippen LogP contribution in [-0.2, 0) is 9.53 Å². The summed E-state index contributed by atoms with van der Waals surface area (Å²) >= 11 is 1.14. The van der Waals surface area contributed by atoms with E-state index in [-0.39, 0.29) is 11.5 Å². The molecular formula is C11H14N4O3S. The van der Waals surface area contributed by atoms with Crippen molar-refractivity contribution in [1.29, 1.82) is 0 Å². The van der Waals surface area contributed by atoms with Crippen LogP contribution in [-0.4, -0.2) is 37.5 Å². The molecule has 2 aromatic heterocycles. The minimum absolute atomic E-state index is 0.291. The van der Waals surface area contributed by atoms with Gasteiger partial charge in [-0.1, -0.05) is 11.8 Å². The Kier molecular flexibility index (Phi) is 3.61. The fraction of sp³-hybridized carbons (Fsp3) is 0.455. The molecule has 0 atom stereocenters. The van der Waals surface area contributed by atoms with E-state index in [9.17, 15) is 9.59 Å². The second kappa shape index (κ2) is 5.04. The van der Waals surface area contributed by atoms with Crippen molar-refractivity contribution in [2.75, 3.05) is 6.61 Å². The van der Waals surface area contributed by atoms with Crippen LogP contribution in [0.2, 0.25) is 0 Å². The lowest BCUT2D eigenvalue weighted by molar-refractivity contribution is -0.145. The molecule has 0 aliphatic carbocycles. The molecule has 0 unspecified atom stereocenters. The normalized spacial score (nSPS) is 11.7. The molecule has 2 N–H and O–H groups in total. The van der Waals surface area contributed by atoms with Gasteiger partial charge in [0.2, 0.25) is 0 Å². The van der Waals surface area contributed by atoms with Gasteiger partial charge in [0.1, 0.15) is 10.1 Å². The summed E-state index contributed by atoms with van der Waals surface area (Å²) in [7, 11) is 0. The smallest absolute Gasteiger partial charge is 0.322 e. The summed E-state index contributed by atoms with van der Waals surface area (Å²) in [4.78, 5) is 30.4. The van der Waals surface area contributed by atoms with Crippen molar-refractivity contribution in [1.82, 2.24) is 20.2 Å². The molecule has 102 valence electrons. The van der Waals surface area contributed by atoms with Crippen molar-refractivity contribution in [2.24, 2.45) is 0 Å². The first-order valence-electron chi connectivity index (χ1n) is 5.73. The van der Waals surface area contributed by atoms with Gasteiger partial charge in [0.25, 0.3) is 5.56 Å². The van der Waals surface area contributed by atoms with Gasteiger partial charge < -0.3 is 9.72 Å². The largest absolute Gasteiger partial charge is 0.465 e. The highest BCUT2D eigenvalue weighted by Gasteiger charge is 2.31. The lowest BCUT2D eigenvalue weighted by atomic mass is 10.2. The quantitative estimate of drug-likeness (QED) is 0.494. The van der Waals surface area contributed by atoms with E-state index in [4.69, 9.17) is 4.74 Å². The van der Waals surface area contributed by atoms with E-state index in [1.807, 2.05) is 0 Å². The zero-order valence-electron chi connectivity index (χ0n) is 10.8. The summed E-state index contributed by atoms with van der Waals surface area (Å²) in [6.45, 7) is 5.49. The fourth-order valence-corrected chi connectivity index (χ4v) is 2.37. The van der Waals surface area contributed by atoms with E-state index in [0.717, 1.165) is 11.8 Å². The van der Waals surface area contributed by atoms with E-state index in [0.29, 0.717) is 22.8 Å². The van der Waals surface area contributed by atoms with Crippen molar-refractivity contribution in [3.8, 4) is 0 Å². The zero-order chi connectivity index (χ0) is 14.0. The first kappa shape index (κ1) is 13.6. The molecule has 19 heavy (non-hydrogen) atoms. The first-order valence-corrected chi connectivity index (χ1v) is 6.55. The number of aromatic amines is 2. The number of nitrogens with one attached hydrogen (secondary N) is 2. The predicted molar refractivity (Wildman–Crippen MR) is 71.1 cm³/mol. The van der Waals surface area contributed by atoms with Crippen LogP contribution in [0.5, 0.6) is 0 Å². The average Bonchev–Trinajstić information content (AvgIpc) is 2.77. The maximum atomic E-state index is 11.8. The monoisotopic (exact) mass is 282 g/mol. The van der Waals surface area contributed by atoms with Gasteiger partial charge in [-0.25, -0.2) is 4.98 Å². The van der Waals surface area contributed by atoms with E-state index in [2.05, 4.69) is 20.2 Å². The number of thioether (sulfide) groups is 1. The van der Waals surface area contributed by atoms with E-state index in [1.54, 1.807) is 20.8 Å². The van der Waals surface area contributed by atoms with Crippen molar-refractivity contribution in [3.63, 3.8) is 0 Å². The molecule has 0 saturated carbocycles. The lowest BCUT2D eigenvalue weighted by Crippen LogP contribution is -2.30. The first-order chi connectivity index (χ1) is 8.94. The Bertz CT molecular complexity index is 661. The van der Waals surface area contributed by atoms with Crippen molar-refractivity contribution >= 4 is 28.8 Å². The lowest BCUT2D eigenvalue weighted by Gasteiger charge is -2.20. The molecule has 0 spiro atoms. The van der Waals surface area contributed by atoms with Crippen LogP contribution < -0.4 is 5.56 Å². The third kappa shape index (κ3) is 2.78. The number of esters is 1. The number of ether oxygens (including phenoxy) is 1. The molecule has 0 radical (unpaired) electrons. The number of fused-ring (bicyclic) bond motifs is 1. The minimum atomic E-state index is -0.834. The molecule has 2 aromatic rings. The van der Waals surface area contributed by atoms with Gasteiger partial charge in [0, 0.05) is 0 Å². The second-order valence-electron chi connectivity index (χ2n) is 4.34. The SMILES string of the molecule is CCOC(=O)C(C)(C)Sc1nc2[nH]ncc2c(=O)[nH]1. The van der Waals surface area contributed by atoms with E-state index >= 15 is 0 Å². The van der Waals surface area contributed by atoms with Gasteiger partial charge in [0.15, 0.2) is 10.8 Å². The van der Waals surface area contributed by atoms with Gasteiger partial charge in [-0.05, 0) is 20.8 Å². The maximum Gasteiger partial charge on any atom is 0.322 e. The standard InChI is InChI=1S/C11H14N4O3S/c1-4-18-9(17)11(2,3)19-10-13-7-6(5-12-15-7)8(16)14-10/h5H,4H2,1-3H3,(H2,12,13,14,15,16). The number of hydrogen-bond acceptors (Lipinski definition) is 6. The summed E-state index contributed by atoms with van der Waals surface area (Å²) in [5, 5.41) is 7.12. The minimum Gasteiger partial charge on any atom is -0.465 e. The number of H-pyrrole nitrogens is 2. The Morgan fingerprint density at radius 3 is 2.95 bits per heavy atom. The maximum absolute atomic E-state index is 11.8. The van der Waals surface area contributed by atoms with Gasteiger partial charge in [-0.2, -0.15) is 5.10 Å². The molecule has 0 bridgehead atoms. The average molecular weight is 282 g/mol. The topological polar surface area (TPSA) is 101 Å². The van der Waals surface area contributed by atoms with Gasteiger partial charge in [-0.3, -0.25) is 14.7 Å². The van der Waals surface area contributed by atoms with Gasteiger partial charge >= 0.3 is 5.97 Å². The molecule has 0 amide bonds. The molecule has 7 nitrogen and oxygen atoms in total. The number of carbonyl (C=O) groups is 1. The van der Waals surface area contributed by atoms with Gasteiger partial charge in [0.05, 0.1) is 12.8 Å². The highest BCUT2D eigenvalue weighted by molar-refractivity contribution is 8.01. The fourth-order valence-electron chi connectivity index (χ4n) is 1.46. The van der Waals surface area contributed by atoms with E-state index in [1.165, 1.54) is 6.20 Å². The van der Waals surface area contributed by atoms with Crippen LogP contribution in [0.4, 0.5) is 0 Å². The van der Waals surface area contributed by atoms with Crippen LogP contribution in [0.15, 0.2) is 16.1 Å². The molecule has 8 heteroatoms. The number of rotatable bonds is 4. The molecule has 2 rings (SSSR count). The van der Waals surface area contributed by atoms with Crippen molar-refractivity contribution in [2.45, 2.75) is 30.7 Å². The molecule has 0 saturated heterocycles. The van der Waals surface area contributed by atoms with Crippen LogP contribution in [0.3, 0.4) is 0 Å². The molecular weight excluding hydrogens is 268 g/mol. The van der Waals surface area contributed by atoms with Crippen molar-refractivity contribution < 1.29 is 9.53 Å². The molecule has 0 fully saturated rings. The van der Waals surface area contributed by atoms with Crippen LogP contribution >= 0.6 is 11.8 Å². The zero-order valence-corrected chi connectivity index (χ0v) is 11.6. The summed E-state index contributed by atoms with van der Waals surface area (Å²) in [6, 6.07) is 0. The Balaban J connectivity index is 2.30. The summed E-state index contributed by atoms with van der Waals surface area (Å²) in [6.07, 6.45) is 1.41. The van der Waals surface area contributed by atoms with Crippen LogP contribution in [0, 0.1) is 0 Å². The Morgan fingerprint density at radius 2 is 2.26 bits per heavy atom. The summed E-state index contributed by atoms with van der Waals surface area (Å²) in [5.74, 6) is -0.354. The highest BCUT2D eigenvalue weighted by atomic mass is 32.2. The number of aromatic nitrogens is 4. The molecule has 0 aliphatic heterocycles. The summed E-state index contributed by atoms with van der Waals surface area (Å²) in [5.41, 5.74) is 0.104. The molecule has 2 heterocycles. The Morgan fingerprint density at radius 1 is 1.53 bits per heavy atom. The number of carbonyl (C=O) groups excluding carboxylic acids is 1. The summed E-state index contributed by atoms with van der Waals surface area (Å²) < 4.78 is 4.15. The molecule has 0 aliphatic rings. The number of hydrogen-bond donors (Lipinski definition) is 2. The van der Waals surface area contributed by atoms with Crippen molar-refractivity contribution in [3.05, 3.63) is 16.6 Å². The van der Waals surface area contributed by atoms with E-state index < -0.39 is 4.75 Å². The number of nitrogens with zero attached hydrogens (tertiary/aromatic N) is 2. The third-order valence-corrected chi connectivity index (χ3v) is 3.48. The van der Waals surface area contributed by atoms with Crippen LogP contribution in [0.25, 0.3) is 11.0 Å².